The van der Waals surface area contributed by atoms with Crippen LogP contribution in [0.3, 0.4) is 0 Å². The molecule has 0 aliphatic carbocycles. The second kappa shape index (κ2) is 9.18. The van der Waals surface area contributed by atoms with Crippen LogP contribution in [0.2, 0.25) is 19.6 Å². The van der Waals surface area contributed by atoms with Crippen molar-refractivity contribution in [2.24, 2.45) is 5.73 Å². The predicted molar refractivity (Wildman–Crippen MR) is 118 cm³/mol. The van der Waals surface area contributed by atoms with E-state index in [0.717, 1.165) is 33.5 Å². The van der Waals surface area contributed by atoms with Gasteiger partial charge in [-0.1, -0.05) is 43.8 Å². The zero-order valence-corrected chi connectivity index (χ0v) is 18.7. The molecule has 0 bridgehead atoms. The van der Waals surface area contributed by atoms with Crippen molar-refractivity contribution < 1.29 is 9.53 Å². The van der Waals surface area contributed by atoms with Gasteiger partial charge in [-0.3, -0.25) is 4.79 Å². The van der Waals surface area contributed by atoms with Crippen molar-refractivity contribution in [2.45, 2.75) is 52.9 Å². The van der Waals surface area contributed by atoms with Gasteiger partial charge < -0.3 is 10.5 Å². The third-order valence-corrected chi connectivity index (χ3v) is 5.21. The normalized spacial score (nSPS) is 12.1. The number of esters is 1. The SMILES string of the molecule is CCOC(=O)CC(N)c1cnc(C#C[Si](C)(C)C)c(-c2c(C)cccc2C)c1. The molecule has 1 aromatic heterocycles. The van der Waals surface area contributed by atoms with Gasteiger partial charge >= 0.3 is 5.97 Å². The van der Waals surface area contributed by atoms with E-state index in [9.17, 15) is 4.79 Å². The highest BCUT2D eigenvalue weighted by molar-refractivity contribution is 6.83. The van der Waals surface area contributed by atoms with E-state index >= 15 is 0 Å². The van der Waals surface area contributed by atoms with Gasteiger partial charge in [-0.05, 0) is 49.1 Å². The number of pyridine rings is 1. The smallest absolute Gasteiger partial charge is 0.307 e. The molecule has 148 valence electrons. The number of aryl methyl sites for hydroxylation is 2. The largest absolute Gasteiger partial charge is 0.466 e. The summed E-state index contributed by atoms with van der Waals surface area (Å²) in [7, 11) is -1.54. The number of benzene rings is 1. The van der Waals surface area contributed by atoms with Gasteiger partial charge in [0.25, 0.3) is 0 Å². The Labute approximate surface area is 169 Å². The van der Waals surface area contributed by atoms with Crippen LogP contribution in [0, 0.1) is 25.3 Å². The summed E-state index contributed by atoms with van der Waals surface area (Å²) in [4.78, 5) is 16.5. The summed E-state index contributed by atoms with van der Waals surface area (Å²) < 4.78 is 5.03. The number of nitrogens with zero attached hydrogens (tertiary/aromatic N) is 1. The maximum absolute atomic E-state index is 11.8. The highest BCUT2D eigenvalue weighted by Crippen LogP contribution is 2.31. The molecule has 0 radical (unpaired) electrons. The zero-order valence-electron chi connectivity index (χ0n) is 17.7. The third kappa shape index (κ3) is 5.79. The Morgan fingerprint density at radius 3 is 2.46 bits per heavy atom. The van der Waals surface area contributed by atoms with Gasteiger partial charge in [-0.2, -0.15) is 0 Å². The van der Waals surface area contributed by atoms with E-state index in [2.05, 4.69) is 62.1 Å². The van der Waals surface area contributed by atoms with Crippen LogP contribution in [0.5, 0.6) is 0 Å². The molecule has 1 atom stereocenters. The number of carbonyl (C=O) groups is 1. The molecule has 0 aliphatic rings. The van der Waals surface area contributed by atoms with Gasteiger partial charge in [-0.25, -0.2) is 4.98 Å². The van der Waals surface area contributed by atoms with E-state index < -0.39 is 14.1 Å². The Bertz CT molecular complexity index is 900. The maximum atomic E-state index is 11.8. The van der Waals surface area contributed by atoms with Crippen molar-refractivity contribution in [2.75, 3.05) is 6.61 Å². The van der Waals surface area contributed by atoms with Crippen LogP contribution in [0.15, 0.2) is 30.5 Å². The minimum absolute atomic E-state index is 0.127. The summed E-state index contributed by atoms with van der Waals surface area (Å²) in [6.07, 6.45) is 1.86. The molecule has 1 aromatic carbocycles. The standard InChI is InChI=1S/C23H30N2O2Si/c1-7-27-22(26)14-20(24)18-13-19(23-16(2)9-8-10-17(23)3)21(25-15-18)11-12-28(4,5)6/h8-10,13,15,20H,7,14,24H2,1-6H3. The lowest BCUT2D eigenvalue weighted by atomic mass is 9.92. The first-order chi connectivity index (χ1) is 13.1. The van der Waals surface area contributed by atoms with Crippen LogP contribution in [0.4, 0.5) is 0 Å². The van der Waals surface area contributed by atoms with Crippen LogP contribution >= 0.6 is 0 Å². The molecule has 28 heavy (non-hydrogen) atoms. The Morgan fingerprint density at radius 1 is 1.25 bits per heavy atom. The fraction of sp³-hybridized carbons (Fsp3) is 0.391. The molecule has 0 aliphatic heterocycles. The second-order valence-electron chi connectivity index (χ2n) is 8.05. The van der Waals surface area contributed by atoms with Gasteiger partial charge in [0.2, 0.25) is 0 Å². The molecule has 2 rings (SSSR count). The maximum Gasteiger partial charge on any atom is 0.307 e. The summed E-state index contributed by atoms with van der Waals surface area (Å²) in [5, 5.41) is 0. The predicted octanol–water partition coefficient (Wildman–Crippen LogP) is 4.55. The minimum Gasteiger partial charge on any atom is -0.466 e. The van der Waals surface area contributed by atoms with E-state index in [1.807, 2.05) is 12.1 Å². The van der Waals surface area contributed by atoms with Crippen LogP contribution in [0.25, 0.3) is 11.1 Å². The molecule has 0 spiro atoms. The molecule has 0 fully saturated rings. The zero-order chi connectivity index (χ0) is 20.9. The molecule has 2 N–H and O–H groups in total. The number of carbonyl (C=O) groups excluding carboxylic acids is 1. The minimum atomic E-state index is -1.54. The molecule has 0 amide bonds. The average Bonchev–Trinajstić information content (AvgIpc) is 2.59. The summed E-state index contributed by atoms with van der Waals surface area (Å²) in [5.74, 6) is 3.00. The van der Waals surface area contributed by atoms with Gasteiger partial charge in [0.15, 0.2) is 0 Å². The molecule has 0 saturated carbocycles. The van der Waals surface area contributed by atoms with Gasteiger partial charge in [0.05, 0.1) is 13.0 Å². The molecule has 5 heteroatoms. The number of aromatic nitrogens is 1. The molecule has 4 nitrogen and oxygen atoms in total. The van der Waals surface area contributed by atoms with Crippen molar-refractivity contribution in [3.63, 3.8) is 0 Å². The second-order valence-corrected chi connectivity index (χ2v) is 12.8. The van der Waals surface area contributed by atoms with Crippen molar-refractivity contribution in [3.05, 3.63) is 52.8 Å². The van der Waals surface area contributed by atoms with E-state index in [-0.39, 0.29) is 12.4 Å². The van der Waals surface area contributed by atoms with Gasteiger partial charge in [-0.15, -0.1) is 5.54 Å². The highest BCUT2D eigenvalue weighted by atomic mass is 28.3. The Morgan fingerprint density at radius 2 is 1.89 bits per heavy atom. The van der Waals surface area contributed by atoms with Crippen LogP contribution in [0.1, 0.15) is 41.8 Å². The van der Waals surface area contributed by atoms with E-state index in [0.29, 0.717) is 6.61 Å². The molecule has 1 unspecified atom stereocenters. The summed E-state index contributed by atoms with van der Waals surface area (Å²) in [6, 6.07) is 7.78. The number of ether oxygens (including phenoxy) is 1. The first-order valence-electron chi connectivity index (χ1n) is 9.63. The van der Waals surface area contributed by atoms with Crippen molar-refractivity contribution >= 4 is 14.0 Å². The summed E-state index contributed by atoms with van der Waals surface area (Å²) >= 11 is 0. The highest BCUT2D eigenvalue weighted by Gasteiger charge is 2.18. The van der Waals surface area contributed by atoms with Gasteiger partial charge in [0, 0.05) is 17.8 Å². The van der Waals surface area contributed by atoms with Crippen molar-refractivity contribution in [1.82, 2.24) is 4.98 Å². The number of hydrogen-bond acceptors (Lipinski definition) is 4. The number of hydrogen-bond donors (Lipinski definition) is 1. The molecular formula is C23H30N2O2Si. The Hall–Kier alpha value is -2.42. The lowest BCUT2D eigenvalue weighted by molar-refractivity contribution is -0.143. The Kier molecular flexibility index (Phi) is 7.17. The molecule has 1 heterocycles. The average molecular weight is 395 g/mol. The van der Waals surface area contributed by atoms with Crippen LogP contribution in [-0.4, -0.2) is 25.6 Å². The van der Waals surface area contributed by atoms with E-state index in [1.54, 1.807) is 13.1 Å². The summed E-state index contributed by atoms with van der Waals surface area (Å²) in [6.45, 7) is 12.9. The fourth-order valence-electron chi connectivity index (χ4n) is 2.98. The topological polar surface area (TPSA) is 65.2 Å². The summed E-state index contributed by atoms with van der Waals surface area (Å²) in [5.41, 5.74) is 15.7. The van der Waals surface area contributed by atoms with Crippen molar-refractivity contribution in [1.29, 1.82) is 0 Å². The molecule has 0 saturated heterocycles. The molecule has 2 aromatic rings. The van der Waals surface area contributed by atoms with E-state index in [4.69, 9.17) is 10.5 Å². The monoisotopic (exact) mass is 394 g/mol. The van der Waals surface area contributed by atoms with Gasteiger partial charge in [0.1, 0.15) is 13.8 Å². The third-order valence-electron chi connectivity index (χ3n) is 4.34. The first-order valence-corrected chi connectivity index (χ1v) is 13.1. The van der Waals surface area contributed by atoms with E-state index in [1.165, 1.54) is 0 Å². The first kappa shape index (κ1) is 21.9. The fourth-order valence-corrected chi connectivity index (χ4v) is 3.47. The quantitative estimate of drug-likeness (QED) is 0.459. The van der Waals surface area contributed by atoms with Crippen LogP contribution < -0.4 is 5.73 Å². The number of nitrogens with two attached hydrogens (primary N) is 1. The van der Waals surface area contributed by atoms with Crippen LogP contribution in [-0.2, 0) is 9.53 Å². The lowest BCUT2D eigenvalue weighted by Crippen LogP contribution is -2.18. The molecular weight excluding hydrogens is 364 g/mol. The Balaban J connectivity index is 2.57. The lowest BCUT2D eigenvalue weighted by Gasteiger charge is -2.16. The van der Waals surface area contributed by atoms with Crippen molar-refractivity contribution in [3.8, 4) is 22.6 Å². The number of rotatable bonds is 5.